The predicted octanol–water partition coefficient (Wildman–Crippen LogP) is 3.85. The highest BCUT2D eigenvalue weighted by atomic mass is 32.1. The molecule has 0 saturated heterocycles. The Bertz CT molecular complexity index is 910. The molecule has 0 spiro atoms. The van der Waals surface area contributed by atoms with Gasteiger partial charge in [-0.3, -0.25) is 0 Å². The Labute approximate surface area is 119 Å². The standard InChI is InChI=1S/C15H11N3OS/c1-19-10-4-2-3-9(7-10)15-16-8-12-13(18-15)14-11(17-12)5-6-20-14/h2-8,17H,1H3. The van der Waals surface area contributed by atoms with E-state index < -0.39 is 0 Å². The van der Waals surface area contributed by atoms with Crippen LogP contribution in [0.2, 0.25) is 0 Å². The van der Waals surface area contributed by atoms with E-state index in [0.29, 0.717) is 5.82 Å². The van der Waals surface area contributed by atoms with Crippen LogP contribution >= 0.6 is 11.3 Å². The van der Waals surface area contributed by atoms with E-state index in [2.05, 4.69) is 21.4 Å². The quantitative estimate of drug-likeness (QED) is 0.607. The Morgan fingerprint density at radius 1 is 1.20 bits per heavy atom. The van der Waals surface area contributed by atoms with E-state index in [1.165, 1.54) is 4.70 Å². The van der Waals surface area contributed by atoms with Crippen molar-refractivity contribution < 1.29 is 4.74 Å². The zero-order chi connectivity index (χ0) is 13.5. The van der Waals surface area contributed by atoms with Crippen molar-refractivity contribution in [2.24, 2.45) is 0 Å². The Morgan fingerprint density at radius 2 is 2.15 bits per heavy atom. The minimum absolute atomic E-state index is 0.714. The van der Waals surface area contributed by atoms with Gasteiger partial charge in [0.2, 0.25) is 0 Å². The molecule has 4 nitrogen and oxygen atoms in total. The van der Waals surface area contributed by atoms with Crippen molar-refractivity contribution in [1.82, 2.24) is 15.0 Å². The van der Waals surface area contributed by atoms with Crippen molar-refractivity contribution in [3.63, 3.8) is 0 Å². The van der Waals surface area contributed by atoms with Gasteiger partial charge in [0, 0.05) is 5.56 Å². The summed E-state index contributed by atoms with van der Waals surface area (Å²) in [6.07, 6.45) is 1.84. The lowest BCUT2D eigenvalue weighted by atomic mass is 10.2. The molecule has 4 rings (SSSR count). The first-order valence-electron chi connectivity index (χ1n) is 6.21. The van der Waals surface area contributed by atoms with Crippen LogP contribution in [0.15, 0.2) is 41.9 Å². The number of fused-ring (bicyclic) bond motifs is 3. The molecule has 4 aromatic rings. The van der Waals surface area contributed by atoms with Gasteiger partial charge in [-0.2, -0.15) is 0 Å². The fourth-order valence-corrected chi connectivity index (χ4v) is 3.14. The fraction of sp³-hybridized carbons (Fsp3) is 0.0667. The number of methoxy groups -OCH3 is 1. The number of hydrogen-bond acceptors (Lipinski definition) is 4. The van der Waals surface area contributed by atoms with E-state index in [-0.39, 0.29) is 0 Å². The second kappa shape index (κ2) is 4.31. The van der Waals surface area contributed by atoms with E-state index in [1.54, 1.807) is 18.4 Å². The van der Waals surface area contributed by atoms with Crippen LogP contribution in [0.1, 0.15) is 0 Å². The van der Waals surface area contributed by atoms with Crippen molar-refractivity contribution in [2.45, 2.75) is 0 Å². The van der Waals surface area contributed by atoms with Gasteiger partial charge in [0.25, 0.3) is 0 Å². The predicted molar refractivity (Wildman–Crippen MR) is 81.3 cm³/mol. The number of ether oxygens (including phenoxy) is 1. The lowest BCUT2D eigenvalue weighted by Crippen LogP contribution is -1.90. The molecular weight excluding hydrogens is 270 g/mol. The van der Waals surface area contributed by atoms with Crippen LogP contribution in [0.5, 0.6) is 5.75 Å². The molecule has 0 radical (unpaired) electrons. The molecule has 0 atom stereocenters. The molecule has 1 N–H and O–H groups in total. The molecule has 0 bridgehead atoms. The van der Waals surface area contributed by atoms with Crippen molar-refractivity contribution >= 4 is 32.6 Å². The summed E-state index contributed by atoms with van der Waals surface area (Å²) in [7, 11) is 1.66. The van der Waals surface area contributed by atoms with Crippen molar-refractivity contribution in [3.05, 3.63) is 41.9 Å². The molecule has 5 heteroatoms. The van der Waals surface area contributed by atoms with Gasteiger partial charge >= 0.3 is 0 Å². The molecule has 0 amide bonds. The number of rotatable bonds is 2. The van der Waals surface area contributed by atoms with Gasteiger partial charge in [-0.25, -0.2) is 9.97 Å². The minimum Gasteiger partial charge on any atom is -0.497 e. The second-order valence-corrected chi connectivity index (χ2v) is 5.39. The summed E-state index contributed by atoms with van der Waals surface area (Å²) in [6, 6.07) is 9.85. The minimum atomic E-state index is 0.714. The second-order valence-electron chi connectivity index (χ2n) is 4.48. The molecule has 0 aliphatic rings. The number of aromatic amines is 1. The van der Waals surface area contributed by atoms with E-state index in [9.17, 15) is 0 Å². The molecule has 0 saturated carbocycles. The highest BCUT2D eigenvalue weighted by molar-refractivity contribution is 7.18. The lowest BCUT2D eigenvalue weighted by Gasteiger charge is -2.03. The molecule has 3 aromatic heterocycles. The Kier molecular flexibility index (Phi) is 2.47. The summed E-state index contributed by atoms with van der Waals surface area (Å²) in [4.78, 5) is 12.4. The Morgan fingerprint density at radius 3 is 3.05 bits per heavy atom. The third kappa shape index (κ3) is 1.67. The van der Waals surface area contributed by atoms with Gasteiger partial charge in [0.15, 0.2) is 5.82 Å². The molecular formula is C15H11N3OS. The number of thiophene rings is 1. The van der Waals surface area contributed by atoms with Crippen LogP contribution in [0, 0.1) is 0 Å². The van der Waals surface area contributed by atoms with E-state index in [0.717, 1.165) is 27.9 Å². The first-order valence-corrected chi connectivity index (χ1v) is 7.09. The van der Waals surface area contributed by atoms with Gasteiger partial charge in [-0.1, -0.05) is 12.1 Å². The Hall–Kier alpha value is -2.40. The number of nitrogens with zero attached hydrogens (tertiary/aromatic N) is 2. The summed E-state index contributed by atoms with van der Waals surface area (Å²) in [5, 5.41) is 2.06. The maximum atomic E-state index is 5.25. The van der Waals surface area contributed by atoms with Crippen LogP contribution in [0.25, 0.3) is 32.6 Å². The normalized spacial score (nSPS) is 11.2. The molecule has 0 aliphatic heterocycles. The number of H-pyrrole nitrogens is 1. The highest BCUT2D eigenvalue weighted by Gasteiger charge is 2.10. The van der Waals surface area contributed by atoms with Crippen LogP contribution in [0.4, 0.5) is 0 Å². The SMILES string of the molecule is COc1cccc(-c2ncc3[nH]c4ccsc4c3n2)c1. The zero-order valence-electron chi connectivity index (χ0n) is 10.8. The number of aromatic nitrogens is 3. The average Bonchev–Trinajstić information content (AvgIpc) is 3.07. The molecule has 1 aromatic carbocycles. The lowest BCUT2D eigenvalue weighted by molar-refractivity contribution is 0.415. The summed E-state index contributed by atoms with van der Waals surface area (Å²) in [6.45, 7) is 0. The van der Waals surface area contributed by atoms with Gasteiger partial charge < -0.3 is 9.72 Å². The maximum absolute atomic E-state index is 5.25. The molecule has 3 heterocycles. The van der Waals surface area contributed by atoms with Gasteiger partial charge in [-0.05, 0) is 23.6 Å². The third-order valence-corrected chi connectivity index (χ3v) is 4.19. The first kappa shape index (κ1) is 11.4. The molecule has 0 fully saturated rings. The van der Waals surface area contributed by atoms with Crippen LogP contribution in [0.3, 0.4) is 0 Å². The first-order chi connectivity index (χ1) is 9.85. The number of hydrogen-bond donors (Lipinski definition) is 1. The maximum Gasteiger partial charge on any atom is 0.160 e. The van der Waals surface area contributed by atoms with Crippen LogP contribution in [-0.4, -0.2) is 22.1 Å². The largest absolute Gasteiger partial charge is 0.497 e. The summed E-state index contributed by atoms with van der Waals surface area (Å²) in [5.41, 5.74) is 4.01. The summed E-state index contributed by atoms with van der Waals surface area (Å²) < 4.78 is 6.42. The van der Waals surface area contributed by atoms with Crippen LogP contribution in [-0.2, 0) is 0 Å². The van der Waals surface area contributed by atoms with Crippen molar-refractivity contribution in [2.75, 3.05) is 7.11 Å². The van der Waals surface area contributed by atoms with Gasteiger partial charge in [0.1, 0.15) is 11.3 Å². The fourth-order valence-electron chi connectivity index (χ4n) is 2.28. The average molecular weight is 281 g/mol. The molecule has 0 unspecified atom stereocenters. The Balaban J connectivity index is 1.94. The van der Waals surface area contributed by atoms with E-state index >= 15 is 0 Å². The van der Waals surface area contributed by atoms with Crippen LogP contribution < -0.4 is 4.74 Å². The molecule has 20 heavy (non-hydrogen) atoms. The van der Waals surface area contributed by atoms with Gasteiger partial charge in [0.05, 0.1) is 29.0 Å². The number of benzene rings is 1. The highest BCUT2D eigenvalue weighted by Crippen LogP contribution is 2.30. The van der Waals surface area contributed by atoms with Crippen molar-refractivity contribution in [1.29, 1.82) is 0 Å². The monoisotopic (exact) mass is 281 g/mol. The van der Waals surface area contributed by atoms with Crippen molar-refractivity contribution in [3.8, 4) is 17.1 Å². The van der Waals surface area contributed by atoms with Gasteiger partial charge in [-0.15, -0.1) is 11.3 Å². The smallest absolute Gasteiger partial charge is 0.160 e. The zero-order valence-corrected chi connectivity index (χ0v) is 11.6. The summed E-state index contributed by atoms with van der Waals surface area (Å²) in [5.74, 6) is 1.52. The van der Waals surface area contributed by atoms with E-state index in [4.69, 9.17) is 9.72 Å². The summed E-state index contributed by atoms with van der Waals surface area (Å²) >= 11 is 1.69. The molecule has 98 valence electrons. The molecule has 0 aliphatic carbocycles. The topological polar surface area (TPSA) is 50.8 Å². The third-order valence-electron chi connectivity index (χ3n) is 3.27. The van der Waals surface area contributed by atoms with E-state index in [1.807, 2.05) is 30.5 Å². The number of nitrogens with one attached hydrogen (secondary N) is 1.